The van der Waals surface area contributed by atoms with Crippen molar-refractivity contribution in [2.45, 2.75) is 19.6 Å². The monoisotopic (exact) mass is 182 g/mol. The van der Waals surface area contributed by atoms with Crippen LogP contribution in [0.2, 0.25) is 19.6 Å². The second kappa shape index (κ2) is 3.08. The van der Waals surface area contributed by atoms with E-state index in [1.165, 1.54) is 5.30 Å². The van der Waals surface area contributed by atoms with Crippen molar-refractivity contribution < 1.29 is 0 Å². The maximum atomic E-state index is 2.81. The van der Waals surface area contributed by atoms with E-state index in [4.69, 9.17) is 0 Å². The third-order valence-corrected chi connectivity index (χ3v) is 4.63. The highest BCUT2D eigenvalue weighted by Gasteiger charge is 2.17. The van der Waals surface area contributed by atoms with Crippen LogP contribution in [0.25, 0.3) is 0 Å². The molecule has 60 valence electrons. The highest BCUT2D eigenvalue weighted by Crippen LogP contribution is 2.01. The molecule has 0 heterocycles. The number of rotatable bonds is 1. The summed E-state index contributed by atoms with van der Waals surface area (Å²) in [5.41, 5.74) is 0. The summed E-state index contributed by atoms with van der Waals surface area (Å²) in [6, 6.07) is 8.62. The Labute approximate surface area is 72.2 Å². The van der Waals surface area contributed by atoms with Gasteiger partial charge in [0.1, 0.15) is 0 Å². The van der Waals surface area contributed by atoms with Crippen LogP contribution in [0.4, 0.5) is 0 Å². The van der Waals surface area contributed by atoms with E-state index in [1.807, 2.05) is 0 Å². The lowest BCUT2D eigenvalue weighted by molar-refractivity contribution is 1.72. The fourth-order valence-corrected chi connectivity index (χ4v) is 4.23. The van der Waals surface area contributed by atoms with Crippen molar-refractivity contribution in [3.63, 3.8) is 0 Å². The van der Waals surface area contributed by atoms with Crippen LogP contribution in [0, 0.1) is 0 Å². The van der Waals surface area contributed by atoms with E-state index >= 15 is 0 Å². The quantitative estimate of drug-likeness (QED) is 0.458. The zero-order valence-corrected chi connectivity index (χ0v) is 9.54. The van der Waals surface area contributed by atoms with Gasteiger partial charge in [-0.15, -0.1) is 9.24 Å². The summed E-state index contributed by atoms with van der Waals surface area (Å²) in [5, 5.41) is 2.91. The highest BCUT2D eigenvalue weighted by atomic mass is 31.0. The molecule has 0 spiro atoms. The van der Waals surface area contributed by atoms with Crippen molar-refractivity contribution in [1.82, 2.24) is 0 Å². The first-order valence-electron chi connectivity index (χ1n) is 3.87. The van der Waals surface area contributed by atoms with Gasteiger partial charge in [0.25, 0.3) is 0 Å². The Kier molecular flexibility index (Phi) is 2.51. The van der Waals surface area contributed by atoms with Crippen LogP contribution >= 0.6 is 9.24 Å². The van der Waals surface area contributed by atoms with Gasteiger partial charge in [0.2, 0.25) is 0 Å². The lowest BCUT2D eigenvalue weighted by Gasteiger charge is -2.18. The van der Waals surface area contributed by atoms with Gasteiger partial charge in [0, 0.05) is 0 Å². The topological polar surface area (TPSA) is 0 Å². The summed E-state index contributed by atoms with van der Waals surface area (Å²) in [6.45, 7) is 7.11. The molecule has 2 heteroatoms. The molecule has 1 atom stereocenters. The highest BCUT2D eigenvalue weighted by molar-refractivity contribution is 7.29. The van der Waals surface area contributed by atoms with Crippen LogP contribution in [-0.4, -0.2) is 8.07 Å². The molecule has 0 nitrogen and oxygen atoms in total. The van der Waals surface area contributed by atoms with Gasteiger partial charge in [-0.3, -0.25) is 0 Å². The molecular weight excluding hydrogens is 167 g/mol. The van der Waals surface area contributed by atoms with Gasteiger partial charge in [-0.05, 0) is 5.30 Å². The van der Waals surface area contributed by atoms with E-state index in [-0.39, 0.29) is 0 Å². The first-order valence-corrected chi connectivity index (χ1v) is 7.94. The van der Waals surface area contributed by atoms with Crippen LogP contribution in [-0.2, 0) is 0 Å². The SMILES string of the molecule is C[Si](C)(C)c1ccccc1P. The van der Waals surface area contributed by atoms with Crippen LogP contribution < -0.4 is 10.5 Å². The molecule has 1 aromatic carbocycles. The zero-order valence-electron chi connectivity index (χ0n) is 7.39. The summed E-state index contributed by atoms with van der Waals surface area (Å²) >= 11 is 0. The summed E-state index contributed by atoms with van der Waals surface area (Å²) in [7, 11) is 1.71. The van der Waals surface area contributed by atoms with Crippen molar-refractivity contribution in [2.24, 2.45) is 0 Å². The molecule has 0 amide bonds. The van der Waals surface area contributed by atoms with Gasteiger partial charge in [-0.2, -0.15) is 0 Å². The first kappa shape index (κ1) is 8.96. The van der Waals surface area contributed by atoms with Gasteiger partial charge < -0.3 is 0 Å². The molecule has 0 aromatic heterocycles. The lowest BCUT2D eigenvalue weighted by Crippen LogP contribution is -2.44. The minimum absolute atomic E-state index is 1.10. The van der Waals surface area contributed by atoms with Gasteiger partial charge in [-0.25, -0.2) is 0 Å². The number of hydrogen-bond donors (Lipinski definition) is 0. The molecule has 0 fully saturated rings. The second-order valence-corrected chi connectivity index (χ2v) is 9.50. The predicted octanol–water partition coefficient (Wildman–Crippen LogP) is 1.73. The summed E-state index contributed by atoms with van der Waals surface area (Å²) in [6.07, 6.45) is 0. The Morgan fingerprint density at radius 2 is 1.64 bits per heavy atom. The lowest BCUT2D eigenvalue weighted by atomic mass is 10.4. The Morgan fingerprint density at radius 3 is 2.00 bits per heavy atom. The Bertz CT molecular complexity index is 250. The van der Waals surface area contributed by atoms with Gasteiger partial charge in [-0.1, -0.05) is 49.1 Å². The molecule has 1 rings (SSSR count). The fraction of sp³-hybridized carbons (Fsp3) is 0.333. The molecule has 0 radical (unpaired) electrons. The summed E-state index contributed by atoms with van der Waals surface area (Å²) in [5.74, 6) is 0. The van der Waals surface area contributed by atoms with Gasteiger partial charge in [0.05, 0.1) is 8.07 Å². The van der Waals surface area contributed by atoms with Crippen LogP contribution in [0.15, 0.2) is 24.3 Å². The van der Waals surface area contributed by atoms with Crippen molar-refractivity contribution in [3.8, 4) is 0 Å². The molecule has 0 aliphatic carbocycles. The van der Waals surface area contributed by atoms with E-state index in [9.17, 15) is 0 Å². The van der Waals surface area contributed by atoms with E-state index in [2.05, 4.69) is 53.1 Å². The summed E-state index contributed by atoms with van der Waals surface area (Å²) in [4.78, 5) is 0. The van der Waals surface area contributed by atoms with Crippen LogP contribution in [0.1, 0.15) is 0 Å². The van der Waals surface area contributed by atoms with Crippen molar-refractivity contribution in [1.29, 1.82) is 0 Å². The smallest absolute Gasteiger partial charge is 0.0784 e. The predicted molar refractivity (Wildman–Crippen MR) is 58.8 cm³/mol. The maximum Gasteiger partial charge on any atom is 0.0784 e. The Balaban J connectivity index is 3.14. The molecule has 0 aliphatic rings. The van der Waals surface area contributed by atoms with Crippen LogP contribution in [0.3, 0.4) is 0 Å². The van der Waals surface area contributed by atoms with Crippen molar-refractivity contribution in [3.05, 3.63) is 24.3 Å². The first-order chi connectivity index (χ1) is 5.02. The fourth-order valence-electron chi connectivity index (χ4n) is 1.18. The minimum atomic E-state index is -1.10. The zero-order chi connectivity index (χ0) is 8.48. The molecule has 0 aliphatic heterocycles. The standard InChI is InChI=1S/C9H15PSi/c1-11(2,3)9-7-5-4-6-8(9)10/h4-7H,10H2,1-3H3. The molecular formula is C9H15PSi. The van der Waals surface area contributed by atoms with Crippen molar-refractivity contribution >= 4 is 27.8 Å². The van der Waals surface area contributed by atoms with E-state index in [0.717, 1.165) is 0 Å². The normalized spacial score (nSPS) is 11.6. The summed E-state index contributed by atoms with van der Waals surface area (Å²) < 4.78 is 0. The van der Waals surface area contributed by atoms with E-state index < -0.39 is 8.07 Å². The van der Waals surface area contributed by atoms with Crippen LogP contribution in [0.5, 0.6) is 0 Å². The van der Waals surface area contributed by atoms with E-state index in [0.29, 0.717) is 0 Å². The van der Waals surface area contributed by atoms with Gasteiger partial charge >= 0.3 is 0 Å². The second-order valence-electron chi connectivity index (χ2n) is 3.84. The van der Waals surface area contributed by atoms with Crippen molar-refractivity contribution in [2.75, 3.05) is 0 Å². The molecule has 0 bridgehead atoms. The molecule has 0 saturated carbocycles. The average molecular weight is 182 g/mol. The van der Waals surface area contributed by atoms with E-state index in [1.54, 1.807) is 5.19 Å². The third-order valence-electron chi connectivity index (χ3n) is 1.77. The molecule has 0 saturated heterocycles. The Hall–Kier alpha value is -0.133. The molecule has 1 unspecified atom stereocenters. The Morgan fingerprint density at radius 1 is 1.09 bits per heavy atom. The number of hydrogen-bond acceptors (Lipinski definition) is 0. The molecule has 1 aromatic rings. The third kappa shape index (κ3) is 2.15. The number of benzene rings is 1. The maximum absolute atomic E-state index is 2.81. The average Bonchev–Trinajstić information content (AvgIpc) is 1.86. The molecule has 11 heavy (non-hydrogen) atoms. The molecule has 0 N–H and O–H groups in total. The largest absolute Gasteiger partial charge is 0.106 e. The minimum Gasteiger partial charge on any atom is -0.106 e. The van der Waals surface area contributed by atoms with Gasteiger partial charge in [0.15, 0.2) is 0 Å².